The van der Waals surface area contributed by atoms with E-state index in [1.54, 1.807) is 0 Å². The zero-order valence-corrected chi connectivity index (χ0v) is 11.8. The van der Waals surface area contributed by atoms with Crippen molar-refractivity contribution >= 4 is 11.9 Å². The summed E-state index contributed by atoms with van der Waals surface area (Å²) < 4.78 is 5.33. The van der Waals surface area contributed by atoms with Gasteiger partial charge >= 0.3 is 5.97 Å². The van der Waals surface area contributed by atoms with Crippen molar-refractivity contribution in [2.45, 2.75) is 32.1 Å². The first-order valence-electron chi connectivity index (χ1n) is 7.36. The van der Waals surface area contributed by atoms with Crippen LogP contribution in [-0.2, 0) is 14.3 Å². The minimum Gasteiger partial charge on any atom is -0.481 e. The third kappa shape index (κ3) is 3.30. The van der Waals surface area contributed by atoms with Crippen molar-refractivity contribution in [2.75, 3.05) is 32.8 Å². The monoisotopic (exact) mass is 284 g/mol. The predicted molar refractivity (Wildman–Crippen MR) is 73.1 cm³/mol. The molecule has 6 heteroatoms. The maximum absolute atomic E-state index is 12.7. The predicted octanol–water partition coefficient (Wildman–Crippen LogP) is 0.455. The number of ether oxygens (including phenoxy) is 1. The molecule has 0 bridgehead atoms. The maximum Gasteiger partial charge on any atom is 0.303 e. The average molecular weight is 284 g/mol. The molecule has 6 nitrogen and oxygen atoms in total. The van der Waals surface area contributed by atoms with Gasteiger partial charge in [-0.3, -0.25) is 9.59 Å². The van der Waals surface area contributed by atoms with Gasteiger partial charge in [0.2, 0.25) is 5.91 Å². The second-order valence-electron chi connectivity index (χ2n) is 5.94. The number of carboxylic acids is 1. The molecule has 1 unspecified atom stereocenters. The molecule has 2 fully saturated rings. The quantitative estimate of drug-likeness (QED) is 0.765. The molecule has 1 amide bonds. The van der Waals surface area contributed by atoms with E-state index in [4.69, 9.17) is 15.6 Å². The second-order valence-corrected chi connectivity index (χ2v) is 5.94. The van der Waals surface area contributed by atoms with Crippen LogP contribution in [0.4, 0.5) is 0 Å². The highest BCUT2D eigenvalue weighted by molar-refractivity contribution is 5.83. The lowest BCUT2D eigenvalue weighted by molar-refractivity contribution is -0.146. The largest absolute Gasteiger partial charge is 0.481 e. The Hall–Kier alpha value is -1.14. The van der Waals surface area contributed by atoms with Crippen LogP contribution in [0.15, 0.2) is 0 Å². The van der Waals surface area contributed by atoms with Crippen molar-refractivity contribution in [1.82, 2.24) is 4.90 Å². The summed E-state index contributed by atoms with van der Waals surface area (Å²) in [6, 6.07) is 0. The van der Waals surface area contributed by atoms with Gasteiger partial charge in [-0.15, -0.1) is 0 Å². The number of hydrogen-bond donors (Lipinski definition) is 2. The number of amides is 1. The number of carbonyl (C=O) groups is 2. The lowest BCUT2D eigenvalue weighted by Crippen LogP contribution is -2.50. The molecule has 0 aromatic heterocycles. The average Bonchev–Trinajstić information content (AvgIpc) is 2.94. The topological polar surface area (TPSA) is 92.9 Å². The molecule has 2 aliphatic rings. The van der Waals surface area contributed by atoms with Crippen LogP contribution in [-0.4, -0.2) is 54.7 Å². The van der Waals surface area contributed by atoms with E-state index in [0.29, 0.717) is 51.5 Å². The molecule has 0 saturated carbocycles. The zero-order chi connectivity index (χ0) is 14.6. The minimum atomic E-state index is -0.766. The van der Waals surface area contributed by atoms with Gasteiger partial charge in [-0.2, -0.15) is 0 Å². The van der Waals surface area contributed by atoms with Crippen LogP contribution < -0.4 is 5.73 Å². The van der Waals surface area contributed by atoms with Gasteiger partial charge in [-0.05, 0) is 31.6 Å². The molecule has 0 aliphatic carbocycles. The molecule has 1 atom stereocenters. The van der Waals surface area contributed by atoms with Gasteiger partial charge in [0.25, 0.3) is 0 Å². The molecule has 2 saturated heterocycles. The minimum absolute atomic E-state index is 0.140. The Morgan fingerprint density at radius 1 is 1.35 bits per heavy atom. The number of nitrogens with zero attached hydrogens (tertiary/aromatic N) is 1. The number of rotatable bonds is 5. The Kier molecular flexibility index (Phi) is 4.99. The summed E-state index contributed by atoms with van der Waals surface area (Å²) in [5.74, 6) is -0.316. The van der Waals surface area contributed by atoms with Crippen molar-refractivity contribution in [2.24, 2.45) is 17.1 Å². The van der Waals surface area contributed by atoms with Crippen LogP contribution in [0, 0.1) is 11.3 Å². The van der Waals surface area contributed by atoms with Gasteiger partial charge in [0.15, 0.2) is 0 Å². The van der Waals surface area contributed by atoms with Crippen molar-refractivity contribution in [3.63, 3.8) is 0 Å². The fraction of sp³-hybridized carbons (Fsp3) is 0.857. The van der Waals surface area contributed by atoms with E-state index >= 15 is 0 Å². The Bertz CT molecular complexity index is 366. The summed E-state index contributed by atoms with van der Waals surface area (Å²) in [5, 5.41) is 8.72. The highest BCUT2D eigenvalue weighted by Crippen LogP contribution is 2.34. The number of carbonyl (C=O) groups excluding carboxylic acids is 1. The van der Waals surface area contributed by atoms with Crippen LogP contribution >= 0.6 is 0 Å². The van der Waals surface area contributed by atoms with Gasteiger partial charge in [-0.1, -0.05) is 0 Å². The van der Waals surface area contributed by atoms with E-state index in [-0.39, 0.29) is 12.3 Å². The lowest BCUT2D eigenvalue weighted by Gasteiger charge is -2.37. The van der Waals surface area contributed by atoms with Crippen LogP contribution in [0.3, 0.4) is 0 Å². The van der Waals surface area contributed by atoms with Gasteiger partial charge in [0.1, 0.15) is 0 Å². The van der Waals surface area contributed by atoms with E-state index < -0.39 is 11.4 Å². The first-order valence-corrected chi connectivity index (χ1v) is 7.36. The fourth-order valence-electron chi connectivity index (χ4n) is 3.18. The first-order chi connectivity index (χ1) is 9.57. The molecular weight excluding hydrogens is 260 g/mol. The summed E-state index contributed by atoms with van der Waals surface area (Å²) >= 11 is 0. The number of hydrogen-bond acceptors (Lipinski definition) is 4. The molecule has 2 aliphatic heterocycles. The fourth-order valence-corrected chi connectivity index (χ4v) is 3.18. The maximum atomic E-state index is 12.7. The van der Waals surface area contributed by atoms with E-state index in [1.807, 2.05) is 4.90 Å². The van der Waals surface area contributed by atoms with Crippen LogP contribution in [0.5, 0.6) is 0 Å². The van der Waals surface area contributed by atoms with Gasteiger partial charge in [-0.25, -0.2) is 0 Å². The summed E-state index contributed by atoms with van der Waals surface area (Å²) in [4.78, 5) is 25.2. The lowest BCUT2D eigenvalue weighted by atomic mass is 9.79. The highest BCUT2D eigenvalue weighted by Gasteiger charge is 2.43. The zero-order valence-electron chi connectivity index (χ0n) is 11.8. The standard InChI is InChI=1S/C14H24N2O4/c15-10-14(4-7-20-8-5-14)13(19)16-6-3-11(9-16)1-2-12(17)18/h11H,1-10,15H2,(H,17,18). The van der Waals surface area contributed by atoms with Gasteiger partial charge in [0.05, 0.1) is 5.41 Å². The Morgan fingerprint density at radius 2 is 2.05 bits per heavy atom. The van der Waals surface area contributed by atoms with Crippen molar-refractivity contribution in [3.05, 3.63) is 0 Å². The first kappa shape index (κ1) is 15.3. The molecule has 114 valence electrons. The molecule has 0 aromatic rings. The van der Waals surface area contributed by atoms with Crippen LogP contribution in [0.25, 0.3) is 0 Å². The number of likely N-dealkylation sites (tertiary alicyclic amines) is 1. The molecule has 2 rings (SSSR count). The second kappa shape index (κ2) is 6.54. The van der Waals surface area contributed by atoms with E-state index in [9.17, 15) is 9.59 Å². The van der Waals surface area contributed by atoms with Gasteiger partial charge < -0.3 is 20.5 Å². The summed E-state index contributed by atoms with van der Waals surface area (Å²) in [6.45, 7) is 2.96. The number of aliphatic carboxylic acids is 1. The molecule has 2 heterocycles. The van der Waals surface area contributed by atoms with Crippen molar-refractivity contribution in [1.29, 1.82) is 0 Å². The van der Waals surface area contributed by atoms with Crippen molar-refractivity contribution in [3.8, 4) is 0 Å². The Balaban J connectivity index is 1.91. The Labute approximate surface area is 119 Å². The van der Waals surface area contributed by atoms with Crippen LogP contribution in [0.1, 0.15) is 32.1 Å². The summed E-state index contributed by atoms with van der Waals surface area (Å²) in [6.07, 6.45) is 3.12. The smallest absolute Gasteiger partial charge is 0.303 e. The molecule has 20 heavy (non-hydrogen) atoms. The number of carboxylic acid groups (broad SMARTS) is 1. The van der Waals surface area contributed by atoms with Gasteiger partial charge in [0, 0.05) is 39.3 Å². The molecule has 0 aromatic carbocycles. The summed E-state index contributed by atoms with van der Waals surface area (Å²) in [5.41, 5.74) is 5.40. The molecule has 0 spiro atoms. The van der Waals surface area contributed by atoms with E-state index in [0.717, 1.165) is 13.0 Å². The van der Waals surface area contributed by atoms with E-state index in [2.05, 4.69) is 0 Å². The van der Waals surface area contributed by atoms with E-state index in [1.165, 1.54) is 0 Å². The number of nitrogens with two attached hydrogens (primary N) is 1. The van der Waals surface area contributed by atoms with Crippen molar-refractivity contribution < 1.29 is 19.4 Å². The SMILES string of the molecule is NCC1(C(=O)N2CCC(CCC(=O)O)C2)CCOCC1. The molecular formula is C14H24N2O4. The molecule has 0 radical (unpaired) electrons. The normalized spacial score (nSPS) is 25.6. The molecule has 3 N–H and O–H groups in total. The third-order valence-corrected chi connectivity index (χ3v) is 4.63. The highest BCUT2D eigenvalue weighted by atomic mass is 16.5. The Morgan fingerprint density at radius 3 is 2.65 bits per heavy atom. The third-order valence-electron chi connectivity index (χ3n) is 4.63. The van der Waals surface area contributed by atoms with Crippen LogP contribution in [0.2, 0.25) is 0 Å². The summed E-state index contributed by atoms with van der Waals surface area (Å²) in [7, 11) is 0.